The molecule has 3 rings (SSSR count). The minimum absolute atomic E-state index is 0.124. The normalized spacial score (nSPS) is 42.7. The molecular weight excluding hydrogens is 206 g/mol. The Labute approximate surface area is 96.6 Å². The summed E-state index contributed by atoms with van der Waals surface area (Å²) in [5, 5.41) is 9.63. The minimum Gasteiger partial charge on any atom is -0.394 e. The van der Waals surface area contributed by atoms with E-state index in [9.17, 15) is 9.90 Å². The third-order valence-corrected chi connectivity index (χ3v) is 4.25. The van der Waals surface area contributed by atoms with Gasteiger partial charge in [0.2, 0.25) is 0 Å². The first-order chi connectivity index (χ1) is 7.59. The molecule has 2 bridgehead atoms. The van der Waals surface area contributed by atoms with Crippen molar-refractivity contribution in [3.05, 3.63) is 0 Å². The maximum atomic E-state index is 12.5. The van der Waals surface area contributed by atoms with Crippen molar-refractivity contribution in [3.8, 4) is 0 Å². The van der Waals surface area contributed by atoms with Crippen molar-refractivity contribution >= 4 is 5.78 Å². The lowest BCUT2D eigenvalue weighted by atomic mass is 9.64. The van der Waals surface area contributed by atoms with Crippen molar-refractivity contribution in [1.29, 1.82) is 0 Å². The largest absolute Gasteiger partial charge is 0.394 e. The number of aliphatic hydroxyl groups is 1. The zero-order chi connectivity index (χ0) is 11.8. The molecule has 1 atom stereocenters. The molecule has 4 nitrogen and oxygen atoms in total. The molecule has 0 aliphatic carbocycles. The summed E-state index contributed by atoms with van der Waals surface area (Å²) < 4.78 is 5.41. The molecule has 3 saturated heterocycles. The van der Waals surface area contributed by atoms with Crippen molar-refractivity contribution < 1.29 is 14.6 Å². The van der Waals surface area contributed by atoms with Gasteiger partial charge in [0, 0.05) is 25.1 Å². The van der Waals surface area contributed by atoms with Gasteiger partial charge in [-0.05, 0) is 19.8 Å². The van der Waals surface area contributed by atoms with Crippen molar-refractivity contribution in [1.82, 2.24) is 4.90 Å². The van der Waals surface area contributed by atoms with E-state index < -0.39 is 5.54 Å². The standard InChI is InChI=1S/C12H21NO3/c1-3-16-9-12(8-14)10(15)11(2)4-6-13(12)7-5-11/h14H,3-9H2,1-2H3/t12-/m1/s1. The molecule has 92 valence electrons. The van der Waals surface area contributed by atoms with E-state index in [4.69, 9.17) is 4.74 Å². The first kappa shape index (κ1) is 12.0. The zero-order valence-electron chi connectivity index (χ0n) is 10.2. The molecule has 16 heavy (non-hydrogen) atoms. The molecule has 0 aromatic heterocycles. The summed E-state index contributed by atoms with van der Waals surface area (Å²) in [4.78, 5) is 14.6. The molecule has 3 aliphatic heterocycles. The number of piperidine rings is 3. The summed E-state index contributed by atoms with van der Waals surface area (Å²) in [6, 6.07) is 0. The molecule has 3 aliphatic rings. The highest BCUT2D eigenvalue weighted by Crippen LogP contribution is 2.44. The lowest BCUT2D eigenvalue weighted by molar-refractivity contribution is -0.170. The Morgan fingerprint density at radius 3 is 2.56 bits per heavy atom. The van der Waals surface area contributed by atoms with Gasteiger partial charge in [-0.2, -0.15) is 0 Å². The summed E-state index contributed by atoms with van der Waals surface area (Å²) in [6.45, 7) is 6.52. The van der Waals surface area contributed by atoms with Crippen LogP contribution in [0.3, 0.4) is 0 Å². The lowest BCUT2D eigenvalue weighted by Gasteiger charge is -2.56. The van der Waals surface area contributed by atoms with Crippen LogP contribution in [0.5, 0.6) is 0 Å². The van der Waals surface area contributed by atoms with Gasteiger partial charge in [0.25, 0.3) is 0 Å². The van der Waals surface area contributed by atoms with E-state index in [1.54, 1.807) is 0 Å². The van der Waals surface area contributed by atoms with Gasteiger partial charge in [-0.1, -0.05) is 6.92 Å². The summed E-state index contributed by atoms with van der Waals surface area (Å²) in [5.41, 5.74) is -1.00. The molecule has 0 spiro atoms. The highest BCUT2D eigenvalue weighted by Gasteiger charge is 2.58. The predicted molar refractivity (Wildman–Crippen MR) is 60.2 cm³/mol. The topological polar surface area (TPSA) is 49.8 Å². The summed E-state index contributed by atoms with van der Waals surface area (Å²) in [7, 11) is 0. The number of ketones is 1. The Bertz CT molecular complexity index is 284. The molecule has 0 radical (unpaired) electrons. The maximum Gasteiger partial charge on any atom is 0.163 e. The Morgan fingerprint density at radius 2 is 2.06 bits per heavy atom. The zero-order valence-corrected chi connectivity index (χ0v) is 10.2. The van der Waals surface area contributed by atoms with Crippen molar-refractivity contribution in [2.24, 2.45) is 5.41 Å². The van der Waals surface area contributed by atoms with E-state index in [-0.39, 0.29) is 17.8 Å². The Kier molecular flexibility index (Phi) is 3.07. The number of hydrogen-bond donors (Lipinski definition) is 1. The number of aliphatic hydroxyl groups excluding tert-OH is 1. The second-order valence-electron chi connectivity index (χ2n) is 5.20. The molecule has 0 aromatic carbocycles. The number of rotatable bonds is 4. The number of carbonyl (C=O) groups is 1. The first-order valence-electron chi connectivity index (χ1n) is 6.08. The van der Waals surface area contributed by atoms with Crippen molar-refractivity contribution in [2.75, 3.05) is 32.9 Å². The van der Waals surface area contributed by atoms with E-state index in [0.29, 0.717) is 13.2 Å². The molecule has 0 aromatic rings. The quantitative estimate of drug-likeness (QED) is 0.757. The van der Waals surface area contributed by atoms with E-state index >= 15 is 0 Å². The second kappa shape index (κ2) is 4.09. The fourth-order valence-electron chi connectivity index (χ4n) is 3.01. The fraction of sp³-hybridized carbons (Fsp3) is 0.917. The van der Waals surface area contributed by atoms with E-state index in [1.807, 2.05) is 13.8 Å². The molecule has 0 amide bonds. The van der Waals surface area contributed by atoms with Crippen LogP contribution in [0.1, 0.15) is 26.7 Å². The highest BCUT2D eigenvalue weighted by molar-refractivity contribution is 5.95. The van der Waals surface area contributed by atoms with E-state index in [2.05, 4.69) is 4.90 Å². The van der Waals surface area contributed by atoms with Crippen LogP contribution in [0, 0.1) is 5.41 Å². The Hall–Kier alpha value is -0.450. The number of nitrogens with zero attached hydrogens (tertiary/aromatic N) is 1. The molecule has 0 unspecified atom stereocenters. The van der Waals surface area contributed by atoms with Gasteiger partial charge in [0.05, 0.1) is 13.2 Å². The fourth-order valence-corrected chi connectivity index (χ4v) is 3.01. The summed E-state index contributed by atoms with van der Waals surface area (Å²) >= 11 is 0. The lowest BCUT2D eigenvalue weighted by Crippen LogP contribution is -2.72. The SMILES string of the molecule is CCOC[C@]1(CO)C(=O)C2(C)CCN1CC2. The molecular formula is C12H21NO3. The van der Waals surface area contributed by atoms with Crippen LogP contribution in [0.15, 0.2) is 0 Å². The molecule has 0 saturated carbocycles. The van der Waals surface area contributed by atoms with Gasteiger partial charge >= 0.3 is 0 Å². The van der Waals surface area contributed by atoms with Gasteiger partial charge < -0.3 is 9.84 Å². The molecule has 4 heteroatoms. The van der Waals surface area contributed by atoms with Gasteiger partial charge in [-0.3, -0.25) is 9.69 Å². The second-order valence-corrected chi connectivity index (χ2v) is 5.20. The van der Waals surface area contributed by atoms with Crippen LogP contribution < -0.4 is 0 Å². The number of hydrogen-bond acceptors (Lipinski definition) is 4. The Balaban J connectivity index is 2.27. The maximum absolute atomic E-state index is 12.5. The molecule has 3 heterocycles. The van der Waals surface area contributed by atoms with Gasteiger partial charge in [-0.15, -0.1) is 0 Å². The van der Waals surface area contributed by atoms with Crippen LogP contribution in [0.4, 0.5) is 0 Å². The third kappa shape index (κ3) is 1.51. The summed E-state index contributed by atoms with van der Waals surface area (Å²) in [6.07, 6.45) is 1.83. The Morgan fingerprint density at radius 1 is 1.44 bits per heavy atom. The molecule has 3 fully saturated rings. The van der Waals surface area contributed by atoms with Crippen LogP contribution in [0.25, 0.3) is 0 Å². The monoisotopic (exact) mass is 227 g/mol. The number of fused-ring (bicyclic) bond motifs is 3. The van der Waals surface area contributed by atoms with E-state index in [0.717, 1.165) is 25.9 Å². The molecule has 1 N–H and O–H groups in total. The average Bonchev–Trinajstić information content (AvgIpc) is 2.31. The first-order valence-corrected chi connectivity index (χ1v) is 6.08. The van der Waals surface area contributed by atoms with Crippen LogP contribution in [0.2, 0.25) is 0 Å². The van der Waals surface area contributed by atoms with Gasteiger partial charge in [0.15, 0.2) is 5.78 Å². The average molecular weight is 227 g/mol. The number of Topliss-reactive ketones (excluding diaryl/α,β-unsaturated/α-hetero) is 1. The van der Waals surface area contributed by atoms with Crippen LogP contribution >= 0.6 is 0 Å². The van der Waals surface area contributed by atoms with Crippen LogP contribution in [-0.2, 0) is 9.53 Å². The van der Waals surface area contributed by atoms with Crippen molar-refractivity contribution in [2.45, 2.75) is 32.2 Å². The van der Waals surface area contributed by atoms with Crippen molar-refractivity contribution in [3.63, 3.8) is 0 Å². The number of carbonyl (C=O) groups excluding carboxylic acids is 1. The predicted octanol–water partition coefficient (Wildman–Crippen LogP) is 0.439. The van der Waals surface area contributed by atoms with Crippen LogP contribution in [-0.4, -0.2) is 54.2 Å². The summed E-state index contributed by atoms with van der Waals surface area (Å²) in [5.74, 6) is 0.174. The van der Waals surface area contributed by atoms with Gasteiger partial charge in [-0.25, -0.2) is 0 Å². The highest BCUT2D eigenvalue weighted by atomic mass is 16.5. The van der Waals surface area contributed by atoms with E-state index in [1.165, 1.54) is 0 Å². The number of ether oxygens (including phenoxy) is 1. The third-order valence-electron chi connectivity index (χ3n) is 4.25. The smallest absolute Gasteiger partial charge is 0.163 e. The minimum atomic E-state index is -0.763. The van der Waals surface area contributed by atoms with Gasteiger partial charge in [0.1, 0.15) is 5.54 Å².